The molecule has 0 heterocycles. The quantitative estimate of drug-likeness (QED) is 0.551. The average Bonchev–Trinajstić information content (AvgIpc) is 2.37. The highest BCUT2D eigenvalue weighted by atomic mass is 16.6. The largest absolute Gasteiger partial charge is 0.469 e. The van der Waals surface area contributed by atoms with Gasteiger partial charge in [-0.05, 0) is 25.2 Å². The van der Waals surface area contributed by atoms with Gasteiger partial charge in [-0.3, -0.25) is 9.59 Å². The van der Waals surface area contributed by atoms with E-state index in [4.69, 9.17) is 14.2 Å². The first-order chi connectivity index (χ1) is 8.60. The molecule has 1 saturated carbocycles. The molecule has 0 aliphatic heterocycles. The van der Waals surface area contributed by atoms with Gasteiger partial charge in [-0.2, -0.15) is 0 Å². The Labute approximate surface area is 108 Å². The standard InChI is InChI=1S/C13H22O5/c1-9-4-5-10(11(8-9)12(14)17-3)13(15)18-7-6-16-2/h9-11H,4-8H2,1-3H3. The minimum absolute atomic E-state index is 0.231. The fourth-order valence-corrected chi connectivity index (χ4v) is 2.41. The maximum atomic E-state index is 11.9. The molecule has 1 rings (SSSR count). The van der Waals surface area contributed by atoms with Gasteiger partial charge in [0.05, 0.1) is 25.6 Å². The molecule has 3 unspecified atom stereocenters. The zero-order chi connectivity index (χ0) is 13.5. The number of hydrogen-bond acceptors (Lipinski definition) is 5. The summed E-state index contributed by atoms with van der Waals surface area (Å²) in [6.07, 6.45) is 2.32. The van der Waals surface area contributed by atoms with Crippen molar-refractivity contribution >= 4 is 11.9 Å². The number of ether oxygens (including phenoxy) is 3. The third-order valence-electron chi connectivity index (χ3n) is 3.45. The van der Waals surface area contributed by atoms with Gasteiger partial charge in [-0.25, -0.2) is 0 Å². The number of carbonyl (C=O) groups excluding carboxylic acids is 2. The Morgan fingerprint density at radius 2 is 1.78 bits per heavy atom. The van der Waals surface area contributed by atoms with E-state index in [1.807, 2.05) is 0 Å². The Hall–Kier alpha value is -1.10. The summed E-state index contributed by atoms with van der Waals surface area (Å²) in [5, 5.41) is 0. The maximum Gasteiger partial charge on any atom is 0.309 e. The van der Waals surface area contributed by atoms with Gasteiger partial charge in [0.2, 0.25) is 0 Å². The monoisotopic (exact) mass is 258 g/mol. The number of esters is 2. The van der Waals surface area contributed by atoms with Crippen LogP contribution in [-0.2, 0) is 23.8 Å². The minimum Gasteiger partial charge on any atom is -0.469 e. The van der Waals surface area contributed by atoms with E-state index < -0.39 is 0 Å². The number of hydrogen-bond donors (Lipinski definition) is 0. The van der Waals surface area contributed by atoms with Gasteiger partial charge in [-0.1, -0.05) is 6.92 Å². The lowest BCUT2D eigenvalue weighted by atomic mass is 9.74. The van der Waals surface area contributed by atoms with Crippen molar-refractivity contribution in [2.45, 2.75) is 26.2 Å². The Balaban J connectivity index is 2.59. The fraction of sp³-hybridized carbons (Fsp3) is 0.846. The van der Waals surface area contributed by atoms with Crippen LogP contribution in [0.2, 0.25) is 0 Å². The van der Waals surface area contributed by atoms with Gasteiger partial charge in [0.15, 0.2) is 0 Å². The second kappa shape index (κ2) is 7.36. The molecule has 1 aliphatic carbocycles. The maximum absolute atomic E-state index is 11.9. The highest BCUT2D eigenvalue weighted by Gasteiger charge is 2.39. The van der Waals surface area contributed by atoms with Crippen molar-refractivity contribution < 1.29 is 23.8 Å². The summed E-state index contributed by atoms with van der Waals surface area (Å²) in [5.41, 5.74) is 0. The molecule has 0 amide bonds. The molecule has 3 atom stereocenters. The van der Waals surface area contributed by atoms with Gasteiger partial charge in [0.1, 0.15) is 6.61 Å². The van der Waals surface area contributed by atoms with Crippen LogP contribution < -0.4 is 0 Å². The van der Waals surface area contributed by atoms with Crippen molar-refractivity contribution in [3.05, 3.63) is 0 Å². The Morgan fingerprint density at radius 3 is 2.39 bits per heavy atom. The van der Waals surface area contributed by atoms with E-state index >= 15 is 0 Å². The normalized spacial score (nSPS) is 27.6. The first kappa shape index (κ1) is 15.0. The molecule has 0 saturated heterocycles. The van der Waals surface area contributed by atoms with Gasteiger partial charge < -0.3 is 14.2 Å². The molecule has 0 spiro atoms. The van der Waals surface area contributed by atoms with Gasteiger partial charge in [0.25, 0.3) is 0 Å². The van der Waals surface area contributed by atoms with Crippen LogP contribution in [0.25, 0.3) is 0 Å². The fourth-order valence-electron chi connectivity index (χ4n) is 2.41. The summed E-state index contributed by atoms with van der Waals surface area (Å²) in [6.45, 7) is 2.69. The summed E-state index contributed by atoms with van der Waals surface area (Å²) in [5.74, 6) is -0.916. The van der Waals surface area contributed by atoms with E-state index in [1.54, 1.807) is 7.11 Å². The van der Waals surface area contributed by atoms with Crippen molar-refractivity contribution in [2.75, 3.05) is 27.4 Å². The van der Waals surface area contributed by atoms with Crippen molar-refractivity contribution in [3.8, 4) is 0 Å². The van der Waals surface area contributed by atoms with Crippen LogP contribution in [0.5, 0.6) is 0 Å². The molecule has 1 fully saturated rings. The molecule has 0 aromatic heterocycles. The molecule has 5 nitrogen and oxygen atoms in total. The van der Waals surface area contributed by atoms with Crippen LogP contribution in [0, 0.1) is 17.8 Å². The van der Waals surface area contributed by atoms with Crippen molar-refractivity contribution in [2.24, 2.45) is 17.8 Å². The van der Waals surface area contributed by atoms with E-state index in [-0.39, 0.29) is 30.4 Å². The van der Waals surface area contributed by atoms with Crippen LogP contribution >= 0.6 is 0 Å². The molecule has 0 bridgehead atoms. The lowest BCUT2D eigenvalue weighted by Crippen LogP contribution is -2.37. The lowest BCUT2D eigenvalue weighted by Gasteiger charge is -2.31. The summed E-state index contributed by atoms with van der Waals surface area (Å²) >= 11 is 0. The van der Waals surface area contributed by atoms with E-state index in [1.165, 1.54) is 7.11 Å². The first-order valence-corrected chi connectivity index (χ1v) is 6.33. The van der Waals surface area contributed by atoms with Gasteiger partial charge in [0, 0.05) is 7.11 Å². The SMILES string of the molecule is COCCOC(=O)C1CCC(C)CC1C(=O)OC. The predicted molar refractivity (Wildman–Crippen MR) is 64.8 cm³/mol. The minimum atomic E-state index is -0.370. The molecule has 1 aliphatic rings. The predicted octanol–water partition coefficient (Wildman–Crippen LogP) is 1.40. The molecule has 0 aromatic rings. The zero-order valence-electron chi connectivity index (χ0n) is 11.3. The molecule has 18 heavy (non-hydrogen) atoms. The second-order valence-corrected chi connectivity index (χ2v) is 4.81. The Morgan fingerprint density at radius 1 is 1.06 bits per heavy atom. The highest BCUT2D eigenvalue weighted by molar-refractivity contribution is 5.82. The number of carbonyl (C=O) groups is 2. The van der Waals surface area contributed by atoms with Crippen LogP contribution in [0.1, 0.15) is 26.2 Å². The highest BCUT2D eigenvalue weighted by Crippen LogP contribution is 2.35. The number of methoxy groups -OCH3 is 2. The van der Waals surface area contributed by atoms with E-state index in [2.05, 4.69) is 6.92 Å². The lowest BCUT2D eigenvalue weighted by molar-refractivity contribution is -0.162. The van der Waals surface area contributed by atoms with Crippen molar-refractivity contribution in [1.82, 2.24) is 0 Å². The summed E-state index contributed by atoms with van der Waals surface area (Å²) in [7, 11) is 2.91. The topological polar surface area (TPSA) is 61.8 Å². The molecule has 0 aromatic carbocycles. The first-order valence-electron chi connectivity index (χ1n) is 6.33. The Bertz CT molecular complexity index is 289. The summed E-state index contributed by atoms with van der Waals surface area (Å²) in [4.78, 5) is 23.6. The van der Waals surface area contributed by atoms with Crippen LogP contribution in [-0.4, -0.2) is 39.4 Å². The van der Waals surface area contributed by atoms with Crippen LogP contribution in [0.15, 0.2) is 0 Å². The molecular formula is C13H22O5. The molecule has 0 N–H and O–H groups in total. The second-order valence-electron chi connectivity index (χ2n) is 4.81. The third-order valence-corrected chi connectivity index (χ3v) is 3.45. The summed E-state index contributed by atoms with van der Waals surface area (Å²) < 4.78 is 14.7. The van der Waals surface area contributed by atoms with E-state index in [0.717, 1.165) is 6.42 Å². The number of rotatable bonds is 5. The van der Waals surface area contributed by atoms with Gasteiger partial charge in [-0.15, -0.1) is 0 Å². The third kappa shape index (κ3) is 3.98. The van der Waals surface area contributed by atoms with Crippen LogP contribution in [0.3, 0.4) is 0 Å². The van der Waals surface area contributed by atoms with E-state index in [0.29, 0.717) is 25.4 Å². The molecule has 5 heteroatoms. The molecule has 0 radical (unpaired) electrons. The zero-order valence-corrected chi connectivity index (χ0v) is 11.3. The Kier molecular flexibility index (Phi) is 6.12. The molecule has 104 valence electrons. The average molecular weight is 258 g/mol. The smallest absolute Gasteiger partial charge is 0.309 e. The van der Waals surface area contributed by atoms with Crippen molar-refractivity contribution in [1.29, 1.82) is 0 Å². The van der Waals surface area contributed by atoms with Gasteiger partial charge >= 0.3 is 11.9 Å². The van der Waals surface area contributed by atoms with Crippen LogP contribution in [0.4, 0.5) is 0 Å². The van der Waals surface area contributed by atoms with E-state index in [9.17, 15) is 9.59 Å². The summed E-state index contributed by atoms with van der Waals surface area (Å²) in [6, 6.07) is 0. The molecular weight excluding hydrogens is 236 g/mol. The van der Waals surface area contributed by atoms with Crippen molar-refractivity contribution in [3.63, 3.8) is 0 Å².